The number of aromatic nitrogens is 2. The van der Waals surface area contributed by atoms with Gasteiger partial charge in [-0.25, -0.2) is 0 Å². The summed E-state index contributed by atoms with van der Waals surface area (Å²) < 4.78 is 3.01. The zero-order chi connectivity index (χ0) is 11.5. The van der Waals surface area contributed by atoms with E-state index < -0.39 is 0 Å². The molecule has 2 rings (SSSR count). The predicted molar refractivity (Wildman–Crippen MR) is 70.5 cm³/mol. The molecule has 1 N–H and O–H groups in total. The molecule has 0 bridgehead atoms. The van der Waals surface area contributed by atoms with Crippen molar-refractivity contribution in [2.75, 3.05) is 0 Å². The van der Waals surface area contributed by atoms with Gasteiger partial charge in [0.1, 0.15) is 0 Å². The van der Waals surface area contributed by atoms with Crippen LogP contribution in [0.4, 0.5) is 0 Å². The summed E-state index contributed by atoms with van der Waals surface area (Å²) in [7, 11) is 1.94. The molecule has 0 fully saturated rings. The van der Waals surface area contributed by atoms with Gasteiger partial charge in [0.15, 0.2) is 0 Å². The molecule has 1 unspecified atom stereocenters. The minimum Gasteiger partial charge on any atom is -0.305 e. The lowest BCUT2D eigenvalue weighted by Crippen LogP contribution is -2.17. The van der Waals surface area contributed by atoms with Crippen LogP contribution in [-0.2, 0) is 13.6 Å². The number of nitrogens with one attached hydrogen (secondary N) is 1. The van der Waals surface area contributed by atoms with Gasteiger partial charge in [0.2, 0.25) is 0 Å². The zero-order valence-corrected chi connectivity index (χ0v) is 11.7. The van der Waals surface area contributed by atoms with Crippen molar-refractivity contribution in [1.29, 1.82) is 0 Å². The first-order valence-corrected chi connectivity index (χ1v) is 6.78. The lowest BCUT2D eigenvalue weighted by atomic mass is 10.2. The van der Waals surface area contributed by atoms with Crippen LogP contribution < -0.4 is 5.32 Å². The molecule has 3 nitrogen and oxygen atoms in total. The van der Waals surface area contributed by atoms with Crippen LogP contribution in [0, 0.1) is 0 Å². The highest BCUT2D eigenvalue weighted by Gasteiger charge is 2.08. The largest absolute Gasteiger partial charge is 0.305 e. The normalized spacial score (nSPS) is 12.9. The van der Waals surface area contributed by atoms with Gasteiger partial charge in [0, 0.05) is 40.7 Å². The minimum absolute atomic E-state index is 0.322. The van der Waals surface area contributed by atoms with E-state index in [9.17, 15) is 0 Å². The van der Waals surface area contributed by atoms with Crippen LogP contribution in [0.1, 0.15) is 23.4 Å². The molecule has 0 aliphatic heterocycles. The van der Waals surface area contributed by atoms with E-state index in [4.69, 9.17) is 0 Å². The number of nitrogens with zero attached hydrogens (tertiary/aromatic N) is 2. The standard InChI is InChI=1S/C11H14BrN3S/c1-8(9-5-14-15(2)7-9)13-6-11-10(12)3-4-16-11/h3-5,7-8,13H,6H2,1-2H3. The summed E-state index contributed by atoms with van der Waals surface area (Å²) in [5.74, 6) is 0. The first-order valence-electron chi connectivity index (χ1n) is 5.10. The maximum Gasteiger partial charge on any atom is 0.0537 e. The number of hydrogen-bond donors (Lipinski definition) is 1. The fraction of sp³-hybridized carbons (Fsp3) is 0.364. The van der Waals surface area contributed by atoms with Gasteiger partial charge < -0.3 is 5.32 Å². The number of rotatable bonds is 4. The van der Waals surface area contributed by atoms with Crippen molar-refractivity contribution >= 4 is 27.3 Å². The minimum atomic E-state index is 0.322. The van der Waals surface area contributed by atoms with Gasteiger partial charge in [-0.05, 0) is 34.3 Å². The van der Waals surface area contributed by atoms with Crippen LogP contribution >= 0.6 is 27.3 Å². The van der Waals surface area contributed by atoms with Gasteiger partial charge in [-0.3, -0.25) is 4.68 Å². The Morgan fingerprint density at radius 2 is 2.44 bits per heavy atom. The van der Waals surface area contributed by atoms with Crippen LogP contribution in [0.25, 0.3) is 0 Å². The monoisotopic (exact) mass is 299 g/mol. The summed E-state index contributed by atoms with van der Waals surface area (Å²) >= 11 is 5.29. The van der Waals surface area contributed by atoms with E-state index in [-0.39, 0.29) is 0 Å². The fourth-order valence-corrected chi connectivity index (χ4v) is 2.92. The summed E-state index contributed by atoms with van der Waals surface area (Å²) in [6.45, 7) is 3.03. The van der Waals surface area contributed by atoms with Crippen LogP contribution in [0.5, 0.6) is 0 Å². The molecular weight excluding hydrogens is 286 g/mol. The Morgan fingerprint density at radius 1 is 1.62 bits per heavy atom. The summed E-state index contributed by atoms with van der Waals surface area (Å²) in [6, 6.07) is 2.40. The molecule has 0 radical (unpaired) electrons. The average molecular weight is 300 g/mol. The van der Waals surface area contributed by atoms with Gasteiger partial charge in [0.05, 0.1) is 6.20 Å². The number of aryl methyl sites for hydroxylation is 1. The van der Waals surface area contributed by atoms with Crippen molar-refractivity contribution in [2.45, 2.75) is 19.5 Å². The Hall–Kier alpha value is -0.650. The van der Waals surface area contributed by atoms with Crippen molar-refractivity contribution < 1.29 is 0 Å². The van der Waals surface area contributed by atoms with Gasteiger partial charge >= 0.3 is 0 Å². The van der Waals surface area contributed by atoms with Gasteiger partial charge in [-0.2, -0.15) is 5.10 Å². The Morgan fingerprint density at radius 3 is 3.00 bits per heavy atom. The lowest BCUT2D eigenvalue weighted by molar-refractivity contribution is 0.577. The van der Waals surface area contributed by atoms with Crippen LogP contribution in [-0.4, -0.2) is 9.78 Å². The summed E-state index contributed by atoms with van der Waals surface area (Å²) in [5, 5.41) is 9.75. The highest BCUT2D eigenvalue weighted by molar-refractivity contribution is 9.10. The Balaban J connectivity index is 1.93. The molecule has 5 heteroatoms. The second-order valence-corrected chi connectivity index (χ2v) is 5.60. The topological polar surface area (TPSA) is 29.9 Å². The molecule has 0 saturated carbocycles. The molecule has 16 heavy (non-hydrogen) atoms. The lowest BCUT2D eigenvalue weighted by Gasteiger charge is -2.11. The predicted octanol–water partition coefficient (Wildman–Crippen LogP) is 3.09. The smallest absolute Gasteiger partial charge is 0.0537 e. The highest BCUT2D eigenvalue weighted by Crippen LogP contribution is 2.23. The van der Waals surface area contributed by atoms with Crippen LogP contribution in [0.3, 0.4) is 0 Å². The molecule has 1 atom stereocenters. The first kappa shape index (κ1) is 11.8. The van der Waals surface area contributed by atoms with Crippen LogP contribution in [0.2, 0.25) is 0 Å². The third kappa shape index (κ3) is 2.72. The van der Waals surface area contributed by atoms with Crippen molar-refractivity contribution in [3.8, 4) is 0 Å². The average Bonchev–Trinajstić information content (AvgIpc) is 2.84. The van der Waals surface area contributed by atoms with E-state index in [1.165, 1.54) is 14.9 Å². The third-order valence-corrected chi connectivity index (χ3v) is 4.41. The molecule has 0 saturated heterocycles. The molecular formula is C11H14BrN3S. The van der Waals surface area contributed by atoms with Crippen molar-refractivity contribution in [3.63, 3.8) is 0 Å². The summed E-state index contributed by atoms with van der Waals surface area (Å²) in [6.07, 6.45) is 3.95. The zero-order valence-electron chi connectivity index (χ0n) is 9.27. The van der Waals surface area contributed by atoms with E-state index in [0.717, 1.165) is 6.54 Å². The van der Waals surface area contributed by atoms with Crippen molar-refractivity contribution in [3.05, 3.63) is 38.8 Å². The maximum atomic E-state index is 4.17. The Labute approximate surface area is 108 Å². The highest BCUT2D eigenvalue weighted by atomic mass is 79.9. The van der Waals surface area contributed by atoms with Crippen molar-refractivity contribution in [1.82, 2.24) is 15.1 Å². The maximum absolute atomic E-state index is 4.17. The SMILES string of the molecule is CC(NCc1sccc1Br)c1cnn(C)c1. The number of halogens is 1. The fourth-order valence-electron chi connectivity index (χ4n) is 1.48. The Kier molecular flexibility index (Phi) is 3.78. The van der Waals surface area contributed by atoms with E-state index in [0.29, 0.717) is 6.04 Å². The molecule has 86 valence electrons. The quantitative estimate of drug-likeness (QED) is 0.940. The number of thiophene rings is 1. The molecule has 2 aromatic rings. The van der Waals surface area contributed by atoms with Gasteiger partial charge in [0.25, 0.3) is 0 Å². The molecule has 0 aliphatic carbocycles. The second-order valence-electron chi connectivity index (χ2n) is 3.74. The van der Waals surface area contributed by atoms with Crippen LogP contribution in [0.15, 0.2) is 28.3 Å². The second kappa shape index (κ2) is 5.12. The molecule has 0 aromatic carbocycles. The third-order valence-electron chi connectivity index (χ3n) is 2.48. The summed E-state index contributed by atoms with van der Waals surface area (Å²) in [5.41, 5.74) is 1.22. The molecule has 2 aromatic heterocycles. The van der Waals surface area contributed by atoms with Crippen molar-refractivity contribution in [2.24, 2.45) is 7.05 Å². The number of hydrogen-bond acceptors (Lipinski definition) is 3. The van der Waals surface area contributed by atoms with E-state index in [1.54, 1.807) is 11.3 Å². The van der Waals surface area contributed by atoms with Gasteiger partial charge in [-0.1, -0.05) is 0 Å². The van der Waals surface area contributed by atoms with E-state index in [1.807, 2.05) is 24.1 Å². The van der Waals surface area contributed by atoms with E-state index in [2.05, 4.69) is 44.7 Å². The van der Waals surface area contributed by atoms with Gasteiger partial charge in [-0.15, -0.1) is 11.3 Å². The Bertz CT molecular complexity index is 463. The summed E-state index contributed by atoms with van der Waals surface area (Å²) in [4.78, 5) is 1.33. The first-order chi connectivity index (χ1) is 7.66. The molecule has 0 aliphatic rings. The molecule has 0 amide bonds. The van der Waals surface area contributed by atoms with E-state index >= 15 is 0 Å². The molecule has 2 heterocycles. The molecule has 0 spiro atoms.